The fraction of sp³-hybridized carbons (Fsp3) is 0.111. The Morgan fingerprint density at radius 1 is 1.42 bits per heavy atom. The Labute approximate surface area is 78.6 Å². The van der Waals surface area contributed by atoms with Gasteiger partial charge in [-0.25, -0.2) is 0 Å². The quantitative estimate of drug-likeness (QED) is 0.603. The van der Waals surface area contributed by atoms with Gasteiger partial charge in [0.05, 0.1) is 9.72 Å². The summed E-state index contributed by atoms with van der Waals surface area (Å²) in [4.78, 5) is 0. The number of hydrogen-bond donors (Lipinski definition) is 0. The number of thiophene rings is 1. The minimum Gasteiger partial charge on any atom is -0.195 e. The third kappa shape index (κ3) is 1.03. The molecule has 2 aromatic rings. The summed E-state index contributed by atoms with van der Waals surface area (Å²) < 4.78 is 13.9. The Kier molecular flexibility index (Phi) is 1.81. The molecule has 3 heteroatoms. The molecule has 0 saturated heterocycles. The van der Waals surface area contributed by atoms with Gasteiger partial charge in [-0.3, -0.25) is 0 Å². The molecule has 0 atom stereocenters. The summed E-state index contributed by atoms with van der Waals surface area (Å²) in [5.41, 5.74) is 0.692. The Morgan fingerprint density at radius 2 is 2.17 bits per heavy atom. The highest BCUT2D eigenvalue weighted by Crippen LogP contribution is 2.34. The van der Waals surface area contributed by atoms with E-state index in [9.17, 15) is 4.39 Å². The molecule has 0 amide bonds. The van der Waals surface area contributed by atoms with Crippen molar-refractivity contribution in [2.45, 2.75) is 6.92 Å². The number of hydrogen-bond acceptors (Lipinski definition) is 1. The molecule has 0 fully saturated rings. The highest BCUT2D eigenvalue weighted by molar-refractivity contribution is 7.18. The van der Waals surface area contributed by atoms with Crippen molar-refractivity contribution in [3.05, 3.63) is 33.9 Å². The molecular formula is C9H6ClFS. The van der Waals surface area contributed by atoms with Crippen LogP contribution in [0.1, 0.15) is 5.56 Å². The van der Waals surface area contributed by atoms with Gasteiger partial charge in [-0.2, -0.15) is 4.39 Å². The number of halogens is 2. The fourth-order valence-electron chi connectivity index (χ4n) is 1.18. The second-order valence-electron chi connectivity index (χ2n) is 2.62. The molecule has 0 bridgehead atoms. The van der Waals surface area contributed by atoms with Gasteiger partial charge in [0.15, 0.2) is 5.13 Å². The van der Waals surface area contributed by atoms with Gasteiger partial charge in [0.2, 0.25) is 0 Å². The summed E-state index contributed by atoms with van der Waals surface area (Å²) in [6.07, 6.45) is 0. The molecule has 1 heterocycles. The van der Waals surface area contributed by atoms with Crippen molar-refractivity contribution < 1.29 is 4.39 Å². The van der Waals surface area contributed by atoms with Crippen LogP contribution in [0.5, 0.6) is 0 Å². The normalized spacial score (nSPS) is 10.9. The van der Waals surface area contributed by atoms with Gasteiger partial charge in [0.25, 0.3) is 0 Å². The molecule has 0 aliphatic carbocycles. The fourth-order valence-corrected chi connectivity index (χ4v) is 2.41. The van der Waals surface area contributed by atoms with Crippen molar-refractivity contribution in [3.8, 4) is 0 Å². The molecule has 1 aromatic heterocycles. The lowest BCUT2D eigenvalue weighted by molar-refractivity contribution is 0.650. The first-order valence-electron chi connectivity index (χ1n) is 3.53. The van der Waals surface area contributed by atoms with E-state index in [2.05, 4.69) is 0 Å². The van der Waals surface area contributed by atoms with Crippen LogP contribution in [0, 0.1) is 12.1 Å². The standard InChI is InChI=1S/C9H6ClFS/c1-5-6-3-2-4-7(10)8(6)12-9(5)11/h2-4H,1H3. The van der Waals surface area contributed by atoms with Crippen LogP contribution in [0.15, 0.2) is 18.2 Å². The van der Waals surface area contributed by atoms with E-state index in [-0.39, 0.29) is 5.13 Å². The Morgan fingerprint density at radius 3 is 2.83 bits per heavy atom. The van der Waals surface area contributed by atoms with Crippen molar-refractivity contribution in [2.24, 2.45) is 0 Å². The maximum atomic E-state index is 13.1. The van der Waals surface area contributed by atoms with Gasteiger partial charge in [-0.05, 0) is 18.4 Å². The molecule has 0 radical (unpaired) electrons. The van der Waals surface area contributed by atoms with Gasteiger partial charge in [-0.15, -0.1) is 11.3 Å². The summed E-state index contributed by atoms with van der Waals surface area (Å²) in [6, 6.07) is 5.50. The van der Waals surface area contributed by atoms with Crippen LogP contribution >= 0.6 is 22.9 Å². The second-order valence-corrected chi connectivity index (χ2v) is 4.00. The number of fused-ring (bicyclic) bond motifs is 1. The Bertz CT molecular complexity index is 433. The van der Waals surface area contributed by atoms with Crippen LogP contribution in [0.4, 0.5) is 4.39 Å². The summed E-state index contributed by atoms with van der Waals surface area (Å²) in [7, 11) is 0. The minimum atomic E-state index is -0.141. The smallest absolute Gasteiger partial charge is 0.180 e. The van der Waals surface area contributed by atoms with Crippen molar-refractivity contribution in [1.82, 2.24) is 0 Å². The first-order valence-corrected chi connectivity index (χ1v) is 4.72. The topological polar surface area (TPSA) is 0 Å². The van der Waals surface area contributed by atoms with E-state index in [1.807, 2.05) is 12.1 Å². The van der Waals surface area contributed by atoms with E-state index < -0.39 is 0 Å². The first kappa shape index (κ1) is 8.02. The molecule has 0 N–H and O–H groups in total. The number of benzene rings is 1. The van der Waals surface area contributed by atoms with Crippen molar-refractivity contribution in [1.29, 1.82) is 0 Å². The van der Waals surface area contributed by atoms with E-state index in [1.165, 1.54) is 0 Å². The van der Waals surface area contributed by atoms with Crippen LogP contribution in [-0.4, -0.2) is 0 Å². The summed E-state index contributed by atoms with van der Waals surface area (Å²) in [6.45, 7) is 1.77. The molecular weight excluding hydrogens is 195 g/mol. The number of aryl methyl sites for hydroxylation is 1. The summed E-state index contributed by atoms with van der Waals surface area (Å²) >= 11 is 6.99. The summed E-state index contributed by atoms with van der Waals surface area (Å²) in [5.74, 6) is 0. The maximum Gasteiger partial charge on any atom is 0.180 e. The van der Waals surface area contributed by atoms with Gasteiger partial charge in [0.1, 0.15) is 0 Å². The largest absolute Gasteiger partial charge is 0.195 e. The van der Waals surface area contributed by atoms with E-state index in [1.54, 1.807) is 13.0 Å². The molecule has 62 valence electrons. The molecule has 0 nitrogen and oxygen atoms in total. The average Bonchev–Trinajstić information content (AvgIpc) is 2.32. The van der Waals surface area contributed by atoms with E-state index >= 15 is 0 Å². The van der Waals surface area contributed by atoms with Gasteiger partial charge in [-0.1, -0.05) is 23.7 Å². The van der Waals surface area contributed by atoms with E-state index in [0.717, 1.165) is 21.4 Å². The highest BCUT2D eigenvalue weighted by Gasteiger charge is 2.09. The zero-order valence-corrected chi connectivity index (χ0v) is 7.97. The maximum absolute atomic E-state index is 13.1. The zero-order chi connectivity index (χ0) is 8.72. The van der Waals surface area contributed by atoms with Crippen molar-refractivity contribution >= 4 is 33.0 Å². The Hall–Kier alpha value is -0.600. The van der Waals surface area contributed by atoms with Crippen LogP contribution in [-0.2, 0) is 0 Å². The molecule has 2 rings (SSSR count). The van der Waals surface area contributed by atoms with E-state index in [4.69, 9.17) is 11.6 Å². The van der Waals surface area contributed by atoms with Crippen LogP contribution in [0.2, 0.25) is 5.02 Å². The lowest BCUT2D eigenvalue weighted by Crippen LogP contribution is -1.70. The Balaban J connectivity index is 2.95. The van der Waals surface area contributed by atoms with Gasteiger partial charge < -0.3 is 0 Å². The van der Waals surface area contributed by atoms with Crippen LogP contribution in [0.3, 0.4) is 0 Å². The molecule has 0 aliphatic rings. The SMILES string of the molecule is Cc1c(F)sc2c(Cl)cccc12. The summed E-state index contributed by atoms with van der Waals surface area (Å²) in [5, 5.41) is 1.41. The minimum absolute atomic E-state index is 0.141. The number of rotatable bonds is 0. The molecule has 1 aromatic carbocycles. The lowest BCUT2D eigenvalue weighted by Gasteiger charge is -1.91. The van der Waals surface area contributed by atoms with Crippen molar-refractivity contribution in [3.63, 3.8) is 0 Å². The van der Waals surface area contributed by atoms with Crippen LogP contribution in [0.25, 0.3) is 10.1 Å². The predicted octanol–water partition coefficient (Wildman–Crippen LogP) is 4.00. The monoisotopic (exact) mass is 200 g/mol. The molecule has 0 saturated carbocycles. The molecule has 0 unspecified atom stereocenters. The average molecular weight is 201 g/mol. The van der Waals surface area contributed by atoms with Crippen LogP contribution < -0.4 is 0 Å². The van der Waals surface area contributed by atoms with Gasteiger partial charge >= 0.3 is 0 Å². The first-order chi connectivity index (χ1) is 5.70. The van der Waals surface area contributed by atoms with E-state index in [0.29, 0.717) is 10.6 Å². The molecule has 12 heavy (non-hydrogen) atoms. The third-order valence-electron chi connectivity index (χ3n) is 1.86. The molecule has 0 aliphatic heterocycles. The predicted molar refractivity (Wildman–Crippen MR) is 51.5 cm³/mol. The third-order valence-corrected chi connectivity index (χ3v) is 3.41. The zero-order valence-electron chi connectivity index (χ0n) is 6.40. The highest BCUT2D eigenvalue weighted by atomic mass is 35.5. The lowest BCUT2D eigenvalue weighted by atomic mass is 10.2. The second kappa shape index (κ2) is 2.71. The van der Waals surface area contributed by atoms with Crippen molar-refractivity contribution in [2.75, 3.05) is 0 Å². The molecule has 0 spiro atoms. The van der Waals surface area contributed by atoms with Gasteiger partial charge in [0, 0.05) is 5.56 Å².